The number of aliphatic imine (C=N–C) groups is 1. The van der Waals surface area contributed by atoms with Crippen molar-refractivity contribution in [3.05, 3.63) is 29.8 Å². The maximum atomic E-state index is 5.89. The molecular formula is C19H34IN3O2. The molecule has 1 unspecified atom stereocenters. The molecule has 0 radical (unpaired) electrons. The first-order chi connectivity index (χ1) is 11.7. The summed E-state index contributed by atoms with van der Waals surface area (Å²) in [6.45, 7) is 12.2. The smallest absolute Gasteiger partial charge is 0.191 e. The van der Waals surface area contributed by atoms with Crippen LogP contribution in [-0.4, -0.2) is 44.9 Å². The summed E-state index contributed by atoms with van der Waals surface area (Å²) in [5, 5.41) is 6.62. The number of unbranched alkanes of at least 4 members (excludes halogenated alkanes) is 1. The molecule has 0 saturated carbocycles. The lowest BCUT2D eigenvalue weighted by atomic mass is 10.2. The van der Waals surface area contributed by atoms with Crippen LogP contribution in [0.2, 0.25) is 0 Å². The molecule has 0 aliphatic rings. The first kappa shape index (κ1) is 24.0. The molecule has 1 rings (SSSR count). The van der Waals surface area contributed by atoms with E-state index in [4.69, 9.17) is 9.47 Å². The molecule has 0 aliphatic heterocycles. The van der Waals surface area contributed by atoms with Gasteiger partial charge >= 0.3 is 0 Å². The Morgan fingerprint density at radius 1 is 1.12 bits per heavy atom. The van der Waals surface area contributed by atoms with Gasteiger partial charge in [-0.15, -0.1) is 24.0 Å². The van der Waals surface area contributed by atoms with Gasteiger partial charge in [-0.2, -0.15) is 0 Å². The lowest BCUT2D eigenvalue weighted by molar-refractivity contribution is 0.143. The Bertz CT molecular complexity index is 466. The summed E-state index contributed by atoms with van der Waals surface area (Å²) in [5.74, 6) is 1.73. The topological polar surface area (TPSA) is 54.9 Å². The summed E-state index contributed by atoms with van der Waals surface area (Å²) >= 11 is 0. The van der Waals surface area contributed by atoms with Gasteiger partial charge in [0, 0.05) is 26.3 Å². The number of rotatable bonds is 11. The van der Waals surface area contributed by atoms with Crippen molar-refractivity contribution in [2.24, 2.45) is 4.99 Å². The number of nitrogens with one attached hydrogen (secondary N) is 2. The molecule has 1 aromatic carbocycles. The van der Waals surface area contributed by atoms with Crippen LogP contribution < -0.4 is 15.4 Å². The van der Waals surface area contributed by atoms with E-state index in [0.717, 1.165) is 50.9 Å². The molecule has 1 atom stereocenters. The van der Waals surface area contributed by atoms with Crippen LogP contribution in [0.5, 0.6) is 5.75 Å². The monoisotopic (exact) mass is 463 g/mol. The second-order valence-electron chi connectivity index (χ2n) is 5.79. The number of nitrogens with zero attached hydrogens (tertiary/aromatic N) is 1. The van der Waals surface area contributed by atoms with Gasteiger partial charge in [-0.3, -0.25) is 0 Å². The maximum Gasteiger partial charge on any atom is 0.191 e. The highest BCUT2D eigenvalue weighted by Crippen LogP contribution is 2.13. The summed E-state index contributed by atoms with van der Waals surface area (Å²) < 4.78 is 11.2. The highest BCUT2D eigenvalue weighted by molar-refractivity contribution is 14.0. The van der Waals surface area contributed by atoms with Crippen LogP contribution in [0.15, 0.2) is 29.3 Å². The van der Waals surface area contributed by atoms with E-state index in [1.54, 1.807) is 0 Å². The lowest BCUT2D eigenvalue weighted by Gasteiger charge is -2.15. The fourth-order valence-corrected chi connectivity index (χ4v) is 2.13. The zero-order valence-electron chi connectivity index (χ0n) is 16.0. The molecule has 25 heavy (non-hydrogen) atoms. The van der Waals surface area contributed by atoms with Gasteiger partial charge in [0.25, 0.3) is 0 Å². The Labute approximate surface area is 170 Å². The zero-order chi connectivity index (χ0) is 17.6. The first-order valence-corrected chi connectivity index (χ1v) is 8.99. The lowest BCUT2D eigenvalue weighted by Crippen LogP contribution is -2.38. The number of aryl methyl sites for hydroxylation is 1. The van der Waals surface area contributed by atoms with E-state index in [-0.39, 0.29) is 30.1 Å². The van der Waals surface area contributed by atoms with E-state index in [0.29, 0.717) is 6.54 Å². The molecule has 144 valence electrons. The highest BCUT2D eigenvalue weighted by atomic mass is 127. The van der Waals surface area contributed by atoms with Gasteiger partial charge in [0.15, 0.2) is 5.96 Å². The molecule has 0 bridgehead atoms. The largest absolute Gasteiger partial charge is 0.489 e. The van der Waals surface area contributed by atoms with Gasteiger partial charge in [0.1, 0.15) is 11.9 Å². The van der Waals surface area contributed by atoms with Gasteiger partial charge in [0.2, 0.25) is 0 Å². The van der Waals surface area contributed by atoms with Crippen molar-refractivity contribution in [3.8, 4) is 5.75 Å². The summed E-state index contributed by atoms with van der Waals surface area (Å²) in [4.78, 5) is 4.60. The van der Waals surface area contributed by atoms with Crippen LogP contribution in [0, 0.1) is 6.92 Å². The first-order valence-electron chi connectivity index (χ1n) is 8.99. The SMILES string of the molecule is CCNC(=NCC(C)Oc1ccc(C)cc1)NCCCCOCC.I. The summed E-state index contributed by atoms with van der Waals surface area (Å²) in [6, 6.07) is 8.10. The van der Waals surface area contributed by atoms with Crippen molar-refractivity contribution in [2.45, 2.75) is 46.6 Å². The number of ether oxygens (including phenoxy) is 2. The van der Waals surface area contributed by atoms with Crippen molar-refractivity contribution in [1.82, 2.24) is 10.6 Å². The van der Waals surface area contributed by atoms with Gasteiger partial charge in [-0.1, -0.05) is 17.7 Å². The fraction of sp³-hybridized carbons (Fsp3) is 0.632. The molecule has 0 aliphatic carbocycles. The molecule has 0 spiro atoms. The van der Waals surface area contributed by atoms with Crippen molar-refractivity contribution >= 4 is 29.9 Å². The molecule has 6 heteroatoms. The number of benzene rings is 1. The highest BCUT2D eigenvalue weighted by Gasteiger charge is 2.04. The molecule has 2 N–H and O–H groups in total. The number of hydrogen-bond donors (Lipinski definition) is 2. The normalized spacial score (nSPS) is 12.2. The van der Waals surface area contributed by atoms with Crippen LogP contribution in [0.4, 0.5) is 0 Å². The Balaban J connectivity index is 0.00000576. The minimum absolute atomic E-state index is 0. The zero-order valence-corrected chi connectivity index (χ0v) is 18.3. The van der Waals surface area contributed by atoms with E-state index in [9.17, 15) is 0 Å². The quantitative estimate of drug-likeness (QED) is 0.227. The van der Waals surface area contributed by atoms with Gasteiger partial charge in [-0.25, -0.2) is 4.99 Å². The molecule has 1 aromatic rings. The van der Waals surface area contributed by atoms with Gasteiger partial charge in [0.05, 0.1) is 6.54 Å². The minimum Gasteiger partial charge on any atom is -0.489 e. The summed E-state index contributed by atoms with van der Waals surface area (Å²) in [5.41, 5.74) is 1.23. The molecule has 0 amide bonds. The number of guanidine groups is 1. The maximum absolute atomic E-state index is 5.89. The molecule has 0 aromatic heterocycles. The Morgan fingerprint density at radius 2 is 1.84 bits per heavy atom. The number of halogens is 1. The van der Waals surface area contributed by atoms with Crippen molar-refractivity contribution in [3.63, 3.8) is 0 Å². The molecule has 5 nitrogen and oxygen atoms in total. The van der Waals surface area contributed by atoms with Gasteiger partial charge in [-0.05, 0) is 52.7 Å². The molecule has 0 heterocycles. The summed E-state index contributed by atoms with van der Waals surface area (Å²) in [7, 11) is 0. The van der Waals surface area contributed by atoms with Crippen LogP contribution >= 0.6 is 24.0 Å². The van der Waals surface area contributed by atoms with Crippen LogP contribution in [-0.2, 0) is 4.74 Å². The summed E-state index contributed by atoms with van der Waals surface area (Å²) in [6.07, 6.45) is 2.16. The van der Waals surface area contributed by atoms with Gasteiger partial charge < -0.3 is 20.1 Å². The van der Waals surface area contributed by atoms with E-state index in [1.807, 2.05) is 26.0 Å². The third-order valence-corrected chi connectivity index (χ3v) is 3.42. The standard InChI is InChI=1S/C19H33N3O2.HI/c1-5-20-19(21-13-7-8-14-23-6-2)22-15-17(4)24-18-11-9-16(3)10-12-18;/h9-12,17H,5-8,13-15H2,1-4H3,(H2,20,21,22);1H. The van der Waals surface area contributed by atoms with E-state index >= 15 is 0 Å². The van der Waals surface area contributed by atoms with E-state index < -0.39 is 0 Å². The Hall–Kier alpha value is -1.02. The third kappa shape index (κ3) is 12.0. The van der Waals surface area contributed by atoms with Crippen LogP contribution in [0.25, 0.3) is 0 Å². The Morgan fingerprint density at radius 3 is 2.48 bits per heavy atom. The molecule has 0 fully saturated rings. The number of hydrogen-bond acceptors (Lipinski definition) is 3. The van der Waals surface area contributed by atoms with E-state index in [1.165, 1.54) is 5.56 Å². The third-order valence-electron chi connectivity index (χ3n) is 3.42. The minimum atomic E-state index is 0. The predicted octanol–water partition coefficient (Wildman–Crippen LogP) is 3.75. The average molecular weight is 463 g/mol. The van der Waals surface area contributed by atoms with Crippen LogP contribution in [0.3, 0.4) is 0 Å². The Kier molecular flexibility index (Phi) is 14.6. The second kappa shape index (κ2) is 15.3. The van der Waals surface area contributed by atoms with Crippen molar-refractivity contribution in [2.75, 3.05) is 32.8 Å². The predicted molar refractivity (Wildman–Crippen MR) is 116 cm³/mol. The fourth-order valence-electron chi connectivity index (χ4n) is 2.13. The van der Waals surface area contributed by atoms with Crippen LogP contribution in [0.1, 0.15) is 39.2 Å². The van der Waals surface area contributed by atoms with Crippen molar-refractivity contribution < 1.29 is 9.47 Å². The molecular weight excluding hydrogens is 429 g/mol. The van der Waals surface area contributed by atoms with Crippen molar-refractivity contribution in [1.29, 1.82) is 0 Å². The average Bonchev–Trinajstić information content (AvgIpc) is 2.57. The van der Waals surface area contributed by atoms with E-state index in [2.05, 4.69) is 41.6 Å². The second-order valence-corrected chi connectivity index (χ2v) is 5.79. The molecule has 0 saturated heterocycles.